The molecule has 0 N–H and O–H groups in total. The molecule has 0 bridgehead atoms. The summed E-state index contributed by atoms with van der Waals surface area (Å²) in [5.41, 5.74) is 1.05. The summed E-state index contributed by atoms with van der Waals surface area (Å²) < 4.78 is 0. The van der Waals surface area contributed by atoms with Crippen LogP contribution in [-0.4, -0.2) is 16.8 Å². The van der Waals surface area contributed by atoms with Crippen LogP contribution >= 0.6 is 11.8 Å². The number of thioether (sulfide) groups is 1. The number of hydrogen-bond acceptors (Lipinski definition) is 2. The van der Waals surface area contributed by atoms with Crippen LogP contribution < -0.4 is 0 Å². The van der Waals surface area contributed by atoms with Crippen molar-refractivity contribution in [2.75, 3.05) is 5.75 Å². The van der Waals surface area contributed by atoms with E-state index in [4.69, 9.17) is 0 Å². The normalized spacial score (nSPS) is 10.3. The van der Waals surface area contributed by atoms with Crippen LogP contribution in [0, 0.1) is 0 Å². The average molecular weight is 186 g/mol. The van der Waals surface area contributed by atoms with E-state index in [2.05, 4.69) is 20.4 Å². The first-order valence-corrected chi connectivity index (χ1v) is 5.41. The second-order valence-corrected chi connectivity index (χ2v) is 4.74. The lowest BCUT2D eigenvalue weighted by Gasteiger charge is -2.04. The van der Waals surface area contributed by atoms with E-state index in [1.807, 2.05) is 6.92 Å². The van der Waals surface area contributed by atoms with E-state index in [0.717, 1.165) is 12.0 Å². The summed E-state index contributed by atoms with van der Waals surface area (Å²) in [6, 6.07) is 0. The highest BCUT2D eigenvalue weighted by atomic mass is 32.2. The van der Waals surface area contributed by atoms with Gasteiger partial charge in [-0.25, -0.2) is 0 Å². The highest BCUT2D eigenvalue weighted by Crippen LogP contribution is 2.12. The quantitative estimate of drug-likeness (QED) is 0.593. The second-order valence-electron chi connectivity index (χ2n) is 3.18. The van der Waals surface area contributed by atoms with Crippen molar-refractivity contribution in [1.82, 2.24) is 0 Å². The Hall–Kier alpha value is -0.240. The second kappa shape index (κ2) is 6.30. The number of carbonyl (C=O) groups is 1. The third kappa shape index (κ3) is 6.47. The van der Waals surface area contributed by atoms with Gasteiger partial charge in [0.15, 0.2) is 0 Å². The average Bonchev–Trinajstić information content (AvgIpc) is 2.00. The molecule has 70 valence electrons. The van der Waals surface area contributed by atoms with Gasteiger partial charge in [0.25, 0.3) is 0 Å². The van der Waals surface area contributed by atoms with E-state index < -0.39 is 0 Å². The molecule has 0 saturated carbocycles. The van der Waals surface area contributed by atoms with Gasteiger partial charge in [-0.2, -0.15) is 11.8 Å². The van der Waals surface area contributed by atoms with Crippen LogP contribution in [-0.2, 0) is 4.79 Å². The number of ketones is 1. The first kappa shape index (κ1) is 11.8. The Morgan fingerprint density at radius 3 is 2.50 bits per heavy atom. The Morgan fingerprint density at radius 2 is 2.08 bits per heavy atom. The molecule has 0 amide bonds. The zero-order valence-electron chi connectivity index (χ0n) is 8.22. The lowest BCUT2D eigenvalue weighted by molar-refractivity contribution is -0.116. The molecule has 0 unspecified atom stereocenters. The molecule has 1 nitrogen and oxygen atoms in total. The molecule has 0 aromatic heterocycles. The molecular formula is C10H18OS. The van der Waals surface area contributed by atoms with E-state index in [1.165, 1.54) is 0 Å². The third-order valence-corrected chi connectivity index (χ3v) is 2.68. The number of carbonyl (C=O) groups excluding carboxylic acids is 1. The van der Waals surface area contributed by atoms with Gasteiger partial charge in [-0.3, -0.25) is 4.79 Å². The van der Waals surface area contributed by atoms with Crippen molar-refractivity contribution >= 4 is 17.5 Å². The van der Waals surface area contributed by atoms with Crippen molar-refractivity contribution in [1.29, 1.82) is 0 Å². The highest BCUT2D eigenvalue weighted by molar-refractivity contribution is 8.00. The van der Waals surface area contributed by atoms with Gasteiger partial charge in [0.2, 0.25) is 0 Å². The molecule has 0 saturated heterocycles. The first-order valence-electron chi connectivity index (χ1n) is 4.36. The van der Waals surface area contributed by atoms with Crippen LogP contribution in [0.3, 0.4) is 0 Å². The van der Waals surface area contributed by atoms with Crippen LogP contribution in [0.5, 0.6) is 0 Å². The van der Waals surface area contributed by atoms with E-state index in [-0.39, 0.29) is 0 Å². The predicted octanol–water partition coefficient (Wildman–Crippen LogP) is 3.05. The number of rotatable bonds is 6. The smallest absolute Gasteiger partial charge is 0.146 e. The van der Waals surface area contributed by atoms with E-state index in [1.54, 1.807) is 11.8 Å². The molecule has 0 aliphatic heterocycles. The molecule has 0 radical (unpaired) electrons. The van der Waals surface area contributed by atoms with Crippen molar-refractivity contribution in [3.8, 4) is 0 Å². The van der Waals surface area contributed by atoms with Gasteiger partial charge in [-0.1, -0.05) is 32.9 Å². The van der Waals surface area contributed by atoms with Crippen molar-refractivity contribution < 1.29 is 4.79 Å². The van der Waals surface area contributed by atoms with Crippen LogP contribution in [0.4, 0.5) is 0 Å². The third-order valence-electron chi connectivity index (χ3n) is 1.52. The van der Waals surface area contributed by atoms with E-state index >= 15 is 0 Å². The maximum atomic E-state index is 11.2. The largest absolute Gasteiger partial charge is 0.298 e. The fraction of sp³-hybridized carbons (Fsp3) is 0.700. The Labute approximate surface area is 79.6 Å². The zero-order valence-corrected chi connectivity index (χ0v) is 9.04. The number of Topliss-reactive ketones (excluding diaryl/α,β-unsaturated/α-hetero) is 1. The topological polar surface area (TPSA) is 17.1 Å². The van der Waals surface area contributed by atoms with Gasteiger partial charge in [0, 0.05) is 6.42 Å². The van der Waals surface area contributed by atoms with Crippen LogP contribution in [0.1, 0.15) is 33.6 Å². The summed E-state index contributed by atoms with van der Waals surface area (Å²) in [6.45, 7) is 10.1. The number of hydrogen-bond donors (Lipinski definition) is 0. The standard InChI is InChI=1S/C10H18OS/c1-5-9(4)6-10(11)7-12-8(2)3/h8H,4-7H2,1-3H3. The summed E-state index contributed by atoms with van der Waals surface area (Å²) in [5.74, 6) is 0.942. The van der Waals surface area contributed by atoms with Crippen molar-refractivity contribution in [3.63, 3.8) is 0 Å². The van der Waals surface area contributed by atoms with Crippen LogP contribution in [0.2, 0.25) is 0 Å². The SMILES string of the molecule is C=C(CC)CC(=O)CSC(C)C. The molecule has 2 heteroatoms. The molecule has 0 heterocycles. The van der Waals surface area contributed by atoms with E-state index in [9.17, 15) is 4.79 Å². The summed E-state index contributed by atoms with van der Waals surface area (Å²) in [7, 11) is 0. The van der Waals surface area contributed by atoms with E-state index in [0.29, 0.717) is 23.2 Å². The summed E-state index contributed by atoms with van der Waals surface area (Å²) in [6.07, 6.45) is 1.48. The zero-order chi connectivity index (χ0) is 9.56. The molecule has 0 aromatic rings. The molecule has 0 spiro atoms. The summed E-state index contributed by atoms with van der Waals surface area (Å²) >= 11 is 1.70. The van der Waals surface area contributed by atoms with Gasteiger partial charge in [0.05, 0.1) is 5.75 Å². The lowest BCUT2D eigenvalue weighted by Crippen LogP contribution is -2.04. The fourth-order valence-corrected chi connectivity index (χ4v) is 1.34. The summed E-state index contributed by atoms with van der Waals surface area (Å²) in [4.78, 5) is 11.2. The molecule has 0 aliphatic rings. The minimum Gasteiger partial charge on any atom is -0.298 e. The monoisotopic (exact) mass is 186 g/mol. The van der Waals surface area contributed by atoms with Crippen LogP contribution in [0.15, 0.2) is 12.2 Å². The lowest BCUT2D eigenvalue weighted by atomic mass is 10.1. The van der Waals surface area contributed by atoms with Gasteiger partial charge in [-0.15, -0.1) is 0 Å². The molecule has 0 aliphatic carbocycles. The van der Waals surface area contributed by atoms with Crippen LogP contribution in [0.25, 0.3) is 0 Å². The molecule has 0 fully saturated rings. The van der Waals surface area contributed by atoms with Crippen molar-refractivity contribution in [2.45, 2.75) is 38.9 Å². The molecule has 0 atom stereocenters. The molecular weight excluding hydrogens is 168 g/mol. The fourth-order valence-electron chi connectivity index (χ4n) is 0.714. The minimum atomic E-state index is 0.306. The molecule has 0 aromatic carbocycles. The predicted molar refractivity (Wildman–Crippen MR) is 56.6 cm³/mol. The van der Waals surface area contributed by atoms with Gasteiger partial charge in [0.1, 0.15) is 5.78 Å². The molecule has 0 rings (SSSR count). The minimum absolute atomic E-state index is 0.306. The Morgan fingerprint density at radius 1 is 1.50 bits per heavy atom. The Balaban J connectivity index is 3.53. The number of allylic oxidation sites excluding steroid dienone is 1. The highest BCUT2D eigenvalue weighted by Gasteiger charge is 2.04. The Bertz CT molecular complexity index is 161. The first-order chi connectivity index (χ1) is 5.56. The van der Waals surface area contributed by atoms with Crippen molar-refractivity contribution in [3.05, 3.63) is 12.2 Å². The Kier molecular flexibility index (Phi) is 6.17. The van der Waals surface area contributed by atoms with Gasteiger partial charge >= 0.3 is 0 Å². The van der Waals surface area contributed by atoms with Gasteiger partial charge in [-0.05, 0) is 11.7 Å². The maximum Gasteiger partial charge on any atom is 0.146 e. The van der Waals surface area contributed by atoms with Gasteiger partial charge < -0.3 is 0 Å². The summed E-state index contributed by atoms with van der Waals surface area (Å²) in [5, 5.41) is 0.545. The molecule has 12 heavy (non-hydrogen) atoms. The maximum absolute atomic E-state index is 11.2. The van der Waals surface area contributed by atoms with Crippen molar-refractivity contribution in [2.24, 2.45) is 0 Å².